The molecule has 1 atom stereocenters. The third-order valence-electron chi connectivity index (χ3n) is 4.33. The summed E-state index contributed by atoms with van der Waals surface area (Å²) in [5.41, 5.74) is 1.20. The van der Waals surface area contributed by atoms with E-state index < -0.39 is 0 Å². The third kappa shape index (κ3) is 3.76. The number of hydrogen-bond acceptors (Lipinski definition) is 4. The second-order valence-electron chi connectivity index (χ2n) is 5.77. The van der Waals surface area contributed by atoms with Crippen LogP contribution in [0.4, 0.5) is 5.69 Å². The number of carbonyl (C=O) groups is 1. The first-order valence-corrected chi connectivity index (χ1v) is 7.93. The Balaban J connectivity index is 1.48. The van der Waals surface area contributed by atoms with Gasteiger partial charge in [-0.2, -0.15) is 0 Å². The summed E-state index contributed by atoms with van der Waals surface area (Å²) in [6, 6.07) is 7.96. The highest BCUT2D eigenvalue weighted by molar-refractivity contribution is 6.30. The van der Waals surface area contributed by atoms with Crippen LogP contribution >= 0.6 is 11.6 Å². The van der Waals surface area contributed by atoms with Crippen LogP contribution in [-0.2, 0) is 9.53 Å². The third-order valence-corrected chi connectivity index (χ3v) is 4.58. The normalized spacial score (nSPS) is 23.5. The average Bonchev–Trinajstić information content (AvgIpc) is 3.03. The van der Waals surface area contributed by atoms with E-state index in [0.717, 1.165) is 44.2 Å². The number of piperazine rings is 1. The summed E-state index contributed by atoms with van der Waals surface area (Å²) in [4.78, 5) is 16.8. The Hall–Kier alpha value is -1.10. The van der Waals surface area contributed by atoms with E-state index in [2.05, 4.69) is 21.9 Å². The fourth-order valence-electron chi connectivity index (χ4n) is 2.95. The van der Waals surface area contributed by atoms with E-state index in [1.807, 2.05) is 12.1 Å². The van der Waals surface area contributed by atoms with Crippen LogP contribution in [0, 0.1) is 5.92 Å². The zero-order valence-corrected chi connectivity index (χ0v) is 12.9. The number of ether oxygens (including phenoxy) is 1. The lowest BCUT2D eigenvalue weighted by Crippen LogP contribution is -2.48. The second-order valence-corrected chi connectivity index (χ2v) is 6.20. The molecule has 114 valence electrons. The molecule has 0 spiro atoms. The number of anilines is 1. The van der Waals surface area contributed by atoms with Crippen molar-refractivity contribution in [1.82, 2.24) is 4.90 Å². The van der Waals surface area contributed by atoms with Gasteiger partial charge in [0.05, 0.1) is 13.2 Å². The zero-order valence-electron chi connectivity index (χ0n) is 12.1. The zero-order chi connectivity index (χ0) is 14.7. The van der Waals surface area contributed by atoms with Gasteiger partial charge in [-0.1, -0.05) is 11.6 Å². The van der Waals surface area contributed by atoms with E-state index in [-0.39, 0.29) is 5.92 Å². The van der Waals surface area contributed by atoms with Gasteiger partial charge < -0.3 is 9.64 Å². The van der Waals surface area contributed by atoms with Gasteiger partial charge in [-0.25, -0.2) is 0 Å². The summed E-state index contributed by atoms with van der Waals surface area (Å²) in [7, 11) is 0. The predicted octanol–water partition coefficient (Wildman–Crippen LogP) is 2.07. The molecule has 5 heteroatoms. The molecule has 2 aliphatic rings. The highest BCUT2D eigenvalue weighted by Gasteiger charge is 2.26. The lowest BCUT2D eigenvalue weighted by molar-refractivity contribution is -0.124. The monoisotopic (exact) mass is 308 g/mol. The fourth-order valence-corrected chi connectivity index (χ4v) is 3.08. The first-order chi connectivity index (χ1) is 10.2. The predicted molar refractivity (Wildman–Crippen MR) is 84.0 cm³/mol. The van der Waals surface area contributed by atoms with E-state index in [1.54, 1.807) is 0 Å². The van der Waals surface area contributed by atoms with E-state index >= 15 is 0 Å². The van der Waals surface area contributed by atoms with Crippen LogP contribution in [0.3, 0.4) is 0 Å². The van der Waals surface area contributed by atoms with E-state index in [9.17, 15) is 4.79 Å². The van der Waals surface area contributed by atoms with Gasteiger partial charge in [-0.05, 0) is 30.7 Å². The number of rotatable bonds is 4. The number of ketones is 1. The maximum atomic E-state index is 12.2. The van der Waals surface area contributed by atoms with Crippen molar-refractivity contribution in [3.05, 3.63) is 29.3 Å². The van der Waals surface area contributed by atoms with Gasteiger partial charge in [0.25, 0.3) is 0 Å². The van der Waals surface area contributed by atoms with Crippen molar-refractivity contribution < 1.29 is 9.53 Å². The minimum atomic E-state index is 0.124. The molecule has 1 unspecified atom stereocenters. The average molecular weight is 309 g/mol. The molecule has 2 saturated heterocycles. The Bertz CT molecular complexity index is 478. The van der Waals surface area contributed by atoms with Crippen molar-refractivity contribution in [2.75, 3.05) is 50.8 Å². The molecule has 1 aromatic carbocycles. The van der Waals surface area contributed by atoms with Crippen LogP contribution in [0.25, 0.3) is 0 Å². The van der Waals surface area contributed by atoms with Gasteiger partial charge in [0.15, 0.2) is 5.78 Å². The molecule has 0 aliphatic carbocycles. The number of Topliss-reactive ketones (excluding diaryl/α,β-unsaturated/α-hetero) is 1. The van der Waals surface area contributed by atoms with Gasteiger partial charge in [0.1, 0.15) is 0 Å². The van der Waals surface area contributed by atoms with Crippen molar-refractivity contribution in [3.8, 4) is 0 Å². The van der Waals surface area contributed by atoms with Gasteiger partial charge in [0.2, 0.25) is 0 Å². The molecule has 0 radical (unpaired) electrons. The molecule has 0 aromatic heterocycles. The molecule has 1 aromatic rings. The number of benzene rings is 1. The Labute approximate surface area is 130 Å². The molecule has 21 heavy (non-hydrogen) atoms. The molecule has 3 rings (SSSR count). The summed E-state index contributed by atoms with van der Waals surface area (Å²) >= 11 is 5.92. The first kappa shape index (κ1) is 14.8. The molecule has 0 amide bonds. The Morgan fingerprint density at radius 3 is 2.52 bits per heavy atom. The van der Waals surface area contributed by atoms with Crippen molar-refractivity contribution in [2.24, 2.45) is 5.92 Å². The topological polar surface area (TPSA) is 32.8 Å². The van der Waals surface area contributed by atoms with Crippen LogP contribution in [0.15, 0.2) is 24.3 Å². The molecule has 0 N–H and O–H groups in total. The molecule has 0 bridgehead atoms. The van der Waals surface area contributed by atoms with Crippen molar-refractivity contribution in [1.29, 1.82) is 0 Å². The first-order valence-electron chi connectivity index (χ1n) is 7.56. The minimum Gasteiger partial charge on any atom is -0.381 e. The van der Waals surface area contributed by atoms with Crippen LogP contribution in [-0.4, -0.2) is 56.6 Å². The van der Waals surface area contributed by atoms with Crippen molar-refractivity contribution in [2.45, 2.75) is 6.42 Å². The van der Waals surface area contributed by atoms with Gasteiger partial charge >= 0.3 is 0 Å². The maximum absolute atomic E-state index is 12.2. The molecule has 2 fully saturated rings. The highest BCUT2D eigenvalue weighted by atomic mass is 35.5. The Kier molecular flexibility index (Phi) is 4.78. The molecule has 4 nitrogen and oxygen atoms in total. The van der Waals surface area contributed by atoms with Crippen molar-refractivity contribution >= 4 is 23.1 Å². The summed E-state index contributed by atoms with van der Waals surface area (Å²) in [5.74, 6) is 0.465. The largest absolute Gasteiger partial charge is 0.381 e. The lowest BCUT2D eigenvalue weighted by atomic mass is 10.0. The number of hydrogen-bond donors (Lipinski definition) is 0. The van der Waals surface area contributed by atoms with Crippen LogP contribution in [0.2, 0.25) is 5.02 Å². The van der Waals surface area contributed by atoms with E-state index in [4.69, 9.17) is 16.3 Å². The van der Waals surface area contributed by atoms with Crippen LogP contribution in [0.5, 0.6) is 0 Å². The van der Waals surface area contributed by atoms with Crippen molar-refractivity contribution in [3.63, 3.8) is 0 Å². The standard InChI is InChI=1S/C16H21ClN2O2/c17-14-1-3-15(4-2-14)19-8-6-18(7-9-19)11-16(20)13-5-10-21-12-13/h1-4,13H,5-12H2. The molecular formula is C16H21ClN2O2. The van der Waals surface area contributed by atoms with E-state index in [0.29, 0.717) is 18.9 Å². The lowest BCUT2D eigenvalue weighted by Gasteiger charge is -2.36. The van der Waals surface area contributed by atoms with Gasteiger partial charge in [-0.3, -0.25) is 9.69 Å². The summed E-state index contributed by atoms with van der Waals surface area (Å²) in [6.45, 7) is 5.70. The molecule has 2 aliphatic heterocycles. The highest BCUT2D eigenvalue weighted by Crippen LogP contribution is 2.20. The summed E-state index contributed by atoms with van der Waals surface area (Å²) < 4.78 is 5.29. The Morgan fingerprint density at radius 2 is 1.90 bits per heavy atom. The summed E-state index contributed by atoms with van der Waals surface area (Å²) in [5, 5.41) is 0.766. The van der Waals surface area contributed by atoms with Gasteiger partial charge in [0, 0.05) is 49.4 Å². The number of halogens is 1. The quantitative estimate of drug-likeness (QED) is 0.852. The van der Waals surface area contributed by atoms with Crippen LogP contribution in [0.1, 0.15) is 6.42 Å². The Morgan fingerprint density at radius 1 is 1.19 bits per heavy atom. The van der Waals surface area contributed by atoms with Gasteiger partial charge in [-0.15, -0.1) is 0 Å². The number of nitrogens with zero attached hydrogens (tertiary/aromatic N) is 2. The molecule has 0 saturated carbocycles. The fraction of sp³-hybridized carbons (Fsp3) is 0.562. The molecular weight excluding hydrogens is 288 g/mol. The SMILES string of the molecule is O=C(CN1CCN(c2ccc(Cl)cc2)CC1)C1CCOC1. The van der Waals surface area contributed by atoms with E-state index in [1.165, 1.54) is 5.69 Å². The van der Waals surface area contributed by atoms with Crippen LogP contribution < -0.4 is 4.90 Å². The second kappa shape index (κ2) is 6.77. The number of carbonyl (C=O) groups excluding carboxylic acids is 1. The minimum absolute atomic E-state index is 0.124. The smallest absolute Gasteiger partial charge is 0.152 e. The molecule has 2 heterocycles. The maximum Gasteiger partial charge on any atom is 0.152 e. The summed E-state index contributed by atoms with van der Waals surface area (Å²) in [6.07, 6.45) is 0.892.